The first-order valence-corrected chi connectivity index (χ1v) is 12.8. The molecule has 0 spiro atoms. The van der Waals surface area contributed by atoms with E-state index in [1.54, 1.807) is 0 Å². The van der Waals surface area contributed by atoms with Crippen molar-refractivity contribution in [2.75, 3.05) is 25.5 Å². The standard InChI is InChI=1S/C32H33N3/c1-33(2)28-17-13-24(14-18-28)11-12-25-22-27-16-15-26-8-7-21-34-19-5-3-9-29(34)31(26)32(27)30-10-4-6-20-35(30)23-25/h4,6,10-20,22-23H,3,5,7-9,21H2,1-2H3/q+2. The molecule has 2 aromatic carbocycles. The van der Waals surface area contributed by atoms with Crippen LogP contribution in [0.15, 0.2) is 72.4 Å². The summed E-state index contributed by atoms with van der Waals surface area (Å²) in [4.78, 5) is 2.13. The van der Waals surface area contributed by atoms with E-state index in [9.17, 15) is 0 Å². The molecule has 3 heteroatoms. The summed E-state index contributed by atoms with van der Waals surface area (Å²) >= 11 is 0. The lowest BCUT2D eigenvalue weighted by atomic mass is 9.97. The van der Waals surface area contributed by atoms with E-state index in [2.05, 4.69) is 119 Å². The number of anilines is 1. The van der Waals surface area contributed by atoms with Gasteiger partial charge in [-0.25, -0.2) is 4.58 Å². The quantitative estimate of drug-likeness (QED) is 0.514. The van der Waals surface area contributed by atoms with Crippen molar-refractivity contribution in [1.82, 2.24) is 0 Å². The largest absolute Gasteiger partial charge is 0.378 e. The minimum Gasteiger partial charge on any atom is -0.378 e. The van der Waals surface area contributed by atoms with Crippen LogP contribution in [0.3, 0.4) is 0 Å². The lowest BCUT2D eigenvalue weighted by Gasteiger charge is -2.11. The van der Waals surface area contributed by atoms with E-state index >= 15 is 0 Å². The maximum Gasteiger partial charge on any atom is 0.219 e. The normalized spacial score (nSPS) is 16.6. The molecule has 174 valence electrons. The number of nitrogens with zero attached hydrogens (tertiary/aromatic N) is 3. The Balaban J connectivity index is 1.58. The zero-order chi connectivity index (χ0) is 23.8. The van der Waals surface area contributed by atoms with Crippen molar-refractivity contribution >= 4 is 29.8 Å². The summed E-state index contributed by atoms with van der Waals surface area (Å²) in [7, 11) is 4.15. The highest BCUT2D eigenvalue weighted by Crippen LogP contribution is 2.21. The molecule has 0 atom stereocenters. The highest BCUT2D eigenvalue weighted by Gasteiger charge is 2.24. The van der Waals surface area contributed by atoms with Gasteiger partial charge in [0.1, 0.15) is 12.8 Å². The Hall–Kier alpha value is -3.72. The molecular formula is C32H33N3+2. The monoisotopic (exact) mass is 459 g/mol. The van der Waals surface area contributed by atoms with Gasteiger partial charge in [-0.15, -0.1) is 0 Å². The third-order valence-corrected chi connectivity index (χ3v) is 7.41. The van der Waals surface area contributed by atoms with Gasteiger partial charge < -0.3 is 4.90 Å². The topological polar surface area (TPSA) is 12.2 Å². The number of rotatable bonds is 3. The van der Waals surface area contributed by atoms with Crippen LogP contribution < -0.4 is 14.4 Å². The van der Waals surface area contributed by atoms with E-state index < -0.39 is 0 Å². The fourth-order valence-corrected chi connectivity index (χ4v) is 5.63. The van der Waals surface area contributed by atoms with Crippen LogP contribution in [0.4, 0.5) is 5.69 Å². The lowest BCUT2D eigenvalue weighted by Crippen LogP contribution is -2.26. The van der Waals surface area contributed by atoms with Crippen LogP contribution in [0.1, 0.15) is 42.4 Å². The van der Waals surface area contributed by atoms with E-state index in [1.165, 1.54) is 68.7 Å². The number of benzene rings is 2. The number of allylic oxidation sites excluding steroid dienone is 2. The number of aromatic nitrogens is 1. The smallest absolute Gasteiger partial charge is 0.219 e. The summed E-state index contributed by atoms with van der Waals surface area (Å²) in [5, 5.41) is 4.13. The van der Waals surface area contributed by atoms with Gasteiger partial charge in [-0.05, 0) is 59.9 Å². The molecule has 3 aliphatic heterocycles. The number of aryl methyl sites for hydroxylation is 1. The van der Waals surface area contributed by atoms with E-state index in [0.717, 1.165) is 19.4 Å². The van der Waals surface area contributed by atoms with Gasteiger partial charge in [0.15, 0.2) is 18.1 Å². The highest BCUT2D eigenvalue weighted by atomic mass is 15.1. The summed E-state index contributed by atoms with van der Waals surface area (Å²) in [6.45, 7) is 1.14. The Morgan fingerprint density at radius 2 is 1.74 bits per heavy atom. The van der Waals surface area contributed by atoms with Crippen molar-refractivity contribution < 1.29 is 8.82 Å². The Bertz CT molecular complexity index is 1600. The van der Waals surface area contributed by atoms with Gasteiger partial charge in [0, 0.05) is 56.8 Å². The van der Waals surface area contributed by atoms with Crippen LogP contribution in [0, 0.1) is 16.8 Å². The molecule has 0 unspecified atom stereocenters. The first kappa shape index (κ1) is 21.8. The number of pyridine rings is 1. The summed E-state index contributed by atoms with van der Waals surface area (Å²) in [5.41, 5.74) is 7.94. The molecule has 0 saturated heterocycles. The Morgan fingerprint density at radius 3 is 2.60 bits per heavy atom. The predicted octanol–water partition coefficient (Wildman–Crippen LogP) is 4.77. The second-order valence-corrected chi connectivity index (χ2v) is 9.97. The number of hydrogen-bond donors (Lipinski definition) is 0. The molecule has 0 fully saturated rings. The van der Waals surface area contributed by atoms with Gasteiger partial charge in [-0.2, -0.15) is 4.24 Å². The Morgan fingerprint density at radius 1 is 0.857 bits per heavy atom. The van der Waals surface area contributed by atoms with E-state index in [-0.39, 0.29) is 0 Å². The maximum absolute atomic E-state index is 2.55. The first-order valence-electron chi connectivity index (χ1n) is 12.8. The van der Waals surface area contributed by atoms with Gasteiger partial charge in [0.2, 0.25) is 5.35 Å². The van der Waals surface area contributed by atoms with Crippen LogP contribution in [-0.4, -0.2) is 31.4 Å². The summed E-state index contributed by atoms with van der Waals surface area (Å²) in [6, 6.07) is 20.0. The molecule has 0 N–H and O–H groups in total. The fourth-order valence-electron chi connectivity index (χ4n) is 5.63. The fraction of sp³-hybridized carbons (Fsp3) is 0.250. The molecular weight excluding hydrogens is 426 g/mol. The van der Waals surface area contributed by atoms with Gasteiger partial charge in [-0.1, -0.05) is 30.3 Å². The second-order valence-electron chi connectivity index (χ2n) is 9.97. The summed E-state index contributed by atoms with van der Waals surface area (Å²) < 4.78 is 4.86. The Kier molecular flexibility index (Phi) is 5.69. The van der Waals surface area contributed by atoms with Crippen molar-refractivity contribution in [3.05, 3.63) is 111 Å². The van der Waals surface area contributed by atoms with Crippen LogP contribution in [0.2, 0.25) is 0 Å². The molecule has 6 rings (SSSR count). The van der Waals surface area contributed by atoms with Crippen molar-refractivity contribution in [3.63, 3.8) is 0 Å². The molecule has 3 aromatic rings. The van der Waals surface area contributed by atoms with Crippen LogP contribution in [-0.2, 0) is 6.42 Å². The minimum atomic E-state index is 1.14. The molecule has 0 amide bonds. The van der Waals surface area contributed by atoms with Crippen LogP contribution in [0.25, 0.3) is 17.8 Å². The zero-order valence-electron chi connectivity index (χ0n) is 20.7. The number of fused-ring (bicyclic) bond motifs is 5. The highest BCUT2D eigenvalue weighted by molar-refractivity contribution is 5.66. The third-order valence-electron chi connectivity index (χ3n) is 7.41. The Labute approximate surface area is 207 Å². The first-order chi connectivity index (χ1) is 17.2. The van der Waals surface area contributed by atoms with Crippen molar-refractivity contribution in [2.24, 2.45) is 0 Å². The van der Waals surface area contributed by atoms with Crippen LogP contribution in [0.5, 0.6) is 0 Å². The van der Waals surface area contributed by atoms with Gasteiger partial charge in [0.25, 0.3) is 0 Å². The second kappa shape index (κ2) is 9.14. The molecule has 3 aliphatic rings. The zero-order valence-corrected chi connectivity index (χ0v) is 20.7. The average Bonchev–Trinajstić information content (AvgIpc) is 3.17. The molecule has 4 heterocycles. The van der Waals surface area contributed by atoms with E-state index in [4.69, 9.17) is 0 Å². The predicted molar refractivity (Wildman–Crippen MR) is 145 cm³/mol. The maximum atomic E-state index is 2.55. The van der Waals surface area contributed by atoms with Crippen LogP contribution >= 0.6 is 0 Å². The van der Waals surface area contributed by atoms with Crippen molar-refractivity contribution in [3.8, 4) is 0 Å². The van der Waals surface area contributed by atoms with Gasteiger partial charge in [0.05, 0.1) is 10.4 Å². The van der Waals surface area contributed by atoms with E-state index in [1.807, 2.05) is 0 Å². The minimum absolute atomic E-state index is 1.14. The third kappa shape index (κ3) is 4.16. The van der Waals surface area contributed by atoms with Gasteiger partial charge >= 0.3 is 0 Å². The molecule has 3 nitrogen and oxygen atoms in total. The molecule has 0 radical (unpaired) electrons. The molecule has 0 aliphatic carbocycles. The van der Waals surface area contributed by atoms with E-state index in [0.29, 0.717) is 0 Å². The lowest BCUT2D eigenvalue weighted by molar-refractivity contribution is -0.519. The van der Waals surface area contributed by atoms with Crippen molar-refractivity contribution in [1.29, 1.82) is 0 Å². The SMILES string of the molecule is CN(C)c1ccc(C=CC2=Cc3ccc4c(c3=c3cccc[n+]3=C2)=C2CCCC=[N+]2CCC4)cc1. The average molecular weight is 460 g/mol. The summed E-state index contributed by atoms with van der Waals surface area (Å²) in [5.74, 6) is 0. The molecule has 0 saturated carbocycles. The molecule has 1 aromatic heterocycles. The molecule has 0 bridgehead atoms. The number of hydrogen-bond acceptors (Lipinski definition) is 1. The summed E-state index contributed by atoms with van der Waals surface area (Å²) in [6.07, 6.45) is 19.6. The van der Waals surface area contributed by atoms with Gasteiger partial charge in [-0.3, -0.25) is 0 Å². The molecule has 35 heavy (non-hydrogen) atoms. The van der Waals surface area contributed by atoms with Crippen molar-refractivity contribution in [2.45, 2.75) is 32.1 Å².